The molecule has 1 amide bonds. The molecule has 1 aliphatic heterocycles. The second kappa shape index (κ2) is 7.08. The van der Waals surface area contributed by atoms with Gasteiger partial charge in [0, 0.05) is 20.6 Å². The second-order valence-electron chi connectivity index (χ2n) is 6.52. The van der Waals surface area contributed by atoms with Crippen LogP contribution in [0.25, 0.3) is 0 Å². The van der Waals surface area contributed by atoms with Crippen molar-refractivity contribution >= 4 is 17.8 Å². The van der Waals surface area contributed by atoms with Crippen LogP contribution in [0.5, 0.6) is 0 Å². The summed E-state index contributed by atoms with van der Waals surface area (Å²) in [4.78, 5) is 29.1. The van der Waals surface area contributed by atoms with Gasteiger partial charge in [-0.1, -0.05) is 6.92 Å². The summed E-state index contributed by atoms with van der Waals surface area (Å²) in [6.07, 6.45) is 1.94. The summed E-state index contributed by atoms with van der Waals surface area (Å²) < 4.78 is 0. The van der Waals surface area contributed by atoms with Gasteiger partial charge in [0.25, 0.3) is 0 Å². The maximum absolute atomic E-state index is 12.6. The van der Waals surface area contributed by atoms with E-state index < -0.39 is 0 Å². The molecule has 8 heteroatoms. The Hall–Kier alpha value is -1.96. The Bertz CT molecular complexity index is 563. The average molecular weight is 321 g/mol. The molecule has 1 saturated heterocycles. The minimum absolute atomic E-state index is 0.0426. The third-order valence-electron chi connectivity index (χ3n) is 4.27. The van der Waals surface area contributed by atoms with E-state index in [1.54, 1.807) is 4.90 Å². The zero-order chi connectivity index (χ0) is 17.0. The lowest BCUT2D eigenvalue weighted by Crippen LogP contribution is -2.50. The number of nitrogens with zero attached hydrogens (tertiary/aromatic N) is 5. The van der Waals surface area contributed by atoms with Crippen molar-refractivity contribution in [3.63, 3.8) is 0 Å². The zero-order valence-electron chi connectivity index (χ0n) is 14.5. The van der Waals surface area contributed by atoms with Crippen molar-refractivity contribution in [2.75, 3.05) is 44.4 Å². The van der Waals surface area contributed by atoms with Crippen LogP contribution >= 0.6 is 0 Å². The fourth-order valence-corrected chi connectivity index (χ4v) is 2.88. The van der Waals surface area contributed by atoms with Crippen molar-refractivity contribution in [3.05, 3.63) is 5.82 Å². The fraction of sp³-hybridized carbons (Fsp3) is 0.733. The lowest BCUT2D eigenvalue weighted by molar-refractivity contribution is -0.133. The molecule has 3 N–H and O–H groups in total. The van der Waals surface area contributed by atoms with Crippen LogP contribution in [0, 0.1) is 5.41 Å². The Labute approximate surface area is 137 Å². The van der Waals surface area contributed by atoms with Gasteiger partial charge in [-0.15, -0.1) is 0 Å². The van der Waals surface area contributed by atoms with Crippen molar-refractivity contribution in [1.82, 2.24) is 25.2 Å². The maximum atomic E-state index is 12.6. The van der Waals surface area contributed by atoms with Crippen LogP contribution in [-0.4, -0.2) is 59.5 Å². The Morgan fingerprint density at radius 3 is 2.78 bits per heavy atom. The van der Waals surface area contributed by atoms with Crippen molar-refractivity contribution < 1.29 is 4.79 Å². The number of hydrogen-bond donors (Lipinski definition) is 2. The summed E-state index contributed by atoms with van der Waals surface area (Å²) in [6.45, 7) is 7.23. The van der Waals surface area contributed by atoms with E-state index in [-0.39, 0.29) is 23.8 Å². The molecule has 0 radical (unpaired) electrons. The molecule has 0 aromatic carbocycles. The number of nitrogen functional groups attached to an aromatic ring is 1. The first-order valence-corrected chi connectivity index (χ1v) is 8.02. The number of rotatable bonds is 5. The van der Waals surface area contributed by atoms with Gasteiger partial charge in [0.2, 0.25) is 17.8 Å². The van der Waals surface area contributed by atoms with Gasteiger partial charge in [0.1, 0.15) is 0 Å². The Balaban J connectivity index is 2.01. The summed E-state index contributed by atoms with van der Waals surface area (Å²) >= 11 is 0. The van der Waals surface area contributed by atoms with Gasteiger partial charge in [0.05, 0.1) is 12.0 Å². The number of carbonyl (C=O) groups excluding carboxylic acids is 1. The number of nitrogens with one attached hydrogen (secondary N) is 1. The van der Waals surface area contributed by atoms with Gasteiger partial charge in [0.15, 0.2) is 5.82 Å². The number of piperidine rings is 1. The fourth-order valence-electron chi connectivity index (χ4n) is 2.88. The predicted molar refractivity (Wildman–Crippen MR) is 89.9 cm³/mol. The number of aromatic nitrogens is 3. The normalized spacial score (nSPS) is 21.9. The number of amides is 1. The Kier molecular flexibility index (Phi) is 5.35. The second-order valence-corrected chi connectivity index (χ2v) is 6.52. The molecule has 0 saturated carbocycles. The van der Waals surface area contributed by atoms with Crippen molar-refractivity contribution in [1.29, 1.82) is 0 Å². The lowest BCUT2D eigenvalue weighted by atomic mass is 9.81. The van der Waals surface area contributed by atoms with Crippen molar-refractivity contribution in [3.8, 4) is 0 Å². The summed E-state index contributed by atoms with van der Waals surface area (Å²) in [5.41, 5.74) is 5.34. The van der Waals surface area contributed by atoms with Gasteiger partial charge in [-0.2, -0.15) is 15.0 Å². The third-order valence-corrected chi connectivity index (χ3v) is 4.27. The van der Waals surface area contributed by atoms with E-state index >= 15 is 0 Å². The van der Waals surface area contributed by atoms with Gasteiger partial charge in [-0.25, -0.2) is 0 Å². The molecule has 1 aromatic heterocycles. The highest BCUT2D eigenvalue weighted by molar-refractivity contribution is 5.82. The quantitative estimate of drug-likeness (QED) is 0.802. The molecule has 2 rings (SSSR count). The molecule has 0 bridgehead atoms. The molecule has 0 spiro atoms. The topological polar surface area (TPSA) is 100 Å². The summed E-state index contributed by atoms with van der Waals surface area (Å²) in [7, 11) is 3.67. The first-order chi connectivity index (χ1) is 10.8. The summed E-state index contributed by atoms with van der Waals surface area (Å²) in [5.74, 6) is 1.17. The Morgan fingerprint density at radius 1 is 1.39 bits per heavy atom. The first-order valence-electron chi connectivity index (χ1n) is 8.02. The number of carbonyl (C=O) groups is 1. The third kappa shape index (κ3) is 4.28. The monoisotopic (exact) mass is 321 g/mol. The van der Waals surface area contributed by atoms with E-state index in [0.29, 0.717) is 11.8 Å². The number of nitrogens with two attached hydrogens (primary N) is 1. The number of hydrogen-bond acceptors (Lipinski definition) is 7. The highest BCUT2D eigenvalue weighted by atomic mass is 16.2. The minimum atomic E-state index is -0.364. The van der Waals surface area contributed by atoms with E-state index in [1.165, 1.54) is 0 Å². The molecule has 0 unspecified atom stereocenters. The van der Waals surface area contributed by atoms with Crippen molar-refractivity contribution in [2.45, 2.75) is 33.2 Å². The predicted octanol–water partition coefficient (Wildman–Crippen LogP) is 0.258. The SMILES string of the molecule is CCN1CCC[C@@](C)(C(=O)NCc2nc(N)nc(N(C)C)n2)C1. The van der Waals surface area contributed by atoms with Gasteiger partial charge >= 0.3 is 0 Å². The van der Waals surface area contributed by atoms with Gasteiger partial charge in [-0.3, -0.25) is 4.79 Å². The number of likely N-dealkylation sites (tertiary alicyclic amines) is 1. The Morgan fingerprint density at radius 2 is 2.13 bits per heavy atom. The summed E-state index contributed by atoms with van der Waals surface area (Å²) in [6, 6.07) is 0. The average Bonchev–Trinajstić information content (AvgIpc) is 2.52. The first kappa shape index (κ1) is 17.4. The van der Waals surface area contributed by atoms with Crippen LogP contribution < -0.4 is 16.0 Å². The minimum Gasteiger partial charge on any atom is -0.368 e. The van der Waals surface area contributed by atoms with Crippen molar-refractivity contribution in [2.24, 2.45) is 5.41 Å². The molecular formula is C15H27N7O. The molecular weight excluding hydrogens is 294 g/mol. The van der Waals surface area contributed by atoms with Crippen LogP contribution in [0.3, 0.4) is 0 Å². The van der Waals surface area contributed by atoms with E-state index in [0.717, 1.165) is 32.5 Å². The van der Waals surface area contributed by atoms with Gasteiger partial charge < -0.3 is 20.9 Å². The highest BCUT2D eigenvalue weighted by Crippen LogP contribution is 2.29. The van der Waals surface area contributed by atoms with E-state index in [9.17, 15) is 4.79 Å². The van der Waals surface area contributed by atoms with E-state index in [4.69, 9.17) is 5.73 Å². The molecule has 8 nitrogen and oxygen atoms in total. The van der Waals surface area contributed by atoms with Gasteiger partial charge in [-0.05, 0) is 32.9 Å². The standard InChI is InChI=1S/C15H27N7O/c1-5-22-8-6-7-15(2,10-22)12(23)17-9-11-18-13(16)20-14(19-11)21(3)4/h5-10H2,1-4H3,(H,17,23)(H2,16,18,19,20)/t15-/m1/s1. The zero-order valence-corrected chi connectivity index (χ0v) is 14.5. The molecule has 0 aliphatic carbocycles. The molecule has 1 aliphatic rings. The molecule has 128 valence electrons. The largest absolute Gasteiger partial charge is 0.368 e. The molecule has 1 fully saturated rings. The van der Waals surface area contributed by atoms with Crippen LogP contribution in [0.1, 0.15) is 32.5 Å². The molecule has 2 heterocycles. The van der Waals surface area contributed by atoms with Crippen LogP contribution in [0.2, 0.25) is 0 Å². The van der Waals surface area contributed by atoms with Crippen LogP contribution in [0.15, 0.2) is 0 Å². The van der Waals surface area contributed by atoms with Crippen LogP contribution in [0.4, 0.5) is 11.9 Å². The molecule has 1 aromatic rings. The lowest BCUT2D eigenvalue weighted by Gasteiger charge is -2.38. The number of anilines is 2. The van der Waals surface area contributed by atoms with Crippen LogP contribution in [-0.2, 0) is 11.3 Å². The molecule has 23 heavy (non-hydrogen) atoms. The smallest absolute Gasteiger partial charge is 0.229 e. The maximum Gasteiger partial charge on any atom is 0.229 e. The summed E-state index contributed by atoms with van der Waals surface area (Å²) in [5, 5.41) is 2.95. The highest BCUT2D eigenvalue weighted by Gasteiger charge is 2.37. The van der Waals surface area contributed by atoms with E-state index in [2.05, 4.69) is 32.1 Å². The molecule has 1 atom stereocenters. The van der Waals surface area contributed by atoms with E-state index in [1.807, 2.05) is 21.0 Å².